The molecule has 0 fully saturated rings. The quantitative estimate of drug-likeness (QED) is 0.616. The number of ether oxygens (including phenoxy) is 1. The first-order valence-corrected chi connectivity index (χ1v) is 6.22. The van der Waals surface area contributed by atoms with E-state index in [4.69, 9.17) is 4.74 Å². The zero-order valence-corrected chi connectivity index (χ0v) is 11.2. The second-order valence-corrected chi connectivity index (χ2v) is 4.33. The Balaban J connectivity index is 2.23. The minimum atomic E-state index is -0.336. The summed E-state index contributed by atoms with van der Waals surface area (Å²) in [5, 5.41) is 11.1. The Hall–Kier alpha value is -2.62. The van der Waals surface area contributed by atoms with Crippen LogP contribution in [-0.4, -0.2) is 12.0 Å². The minimum absolute atomic E-state index is 0.168. The highest BCUT2D eigenvalue weighted by atomic mass is 16.6. The van der Waals surface area contributed by atoms with Crippen LogP contribution >= 0.6 is 0 Å². The Kier molecular flexibility index (Phi) is 4.50. The van der Waals surface area contributed by atoms with Crippen LogP contribution in [0.3, 0.4) is 0 Å². The van der Waals surface area contributed by atoms with Gasteiger partial charge in [-0.3, -0.25) is 10.1 Å². The zero-order valence-electron chi connectivity index (χ0n) is 11.2. The van der Waals surface area contributed by atoms with E-state index in [2.05, 4.69) is 0 Å². The zero-order chi connectivity index (χ0) is 14.4. The normalized spacial score (nSPS) is 11.2. The van der Waals surface area contributed by atoms with Crippen LogP contribution < -0.4 is 4.74 Å². The molecule has 0 aromatic heterocycles. The van der Waals surface area contributed by atoms with Gasteiger partial charge in [0, 0.05) is 6.08 Å². The third-order valence-corrected chi connectivity index (χ3v) is 2.91. The van der Waals surface area contributed by atoms with E-state index in [-0.39, 0.29) is 10.6 Å². The van der Waals surface area contributed by atoms with Gasteiger partial charge >= 0.3 is 0 Å². The third kappa shape index (κ3) is 3.68. The molecule has 2 aromatic carbocycles. The first-order chi connectivity index (χ1) is 9.69. The molecule has 0 atom stereocenters. The molecule has 4 heteroatoms. The first kappa shape index (κ1) is 13.8. The van der Waals surface area contributed by atoms with Crippen LogP contribution in [0.1, 0.15) is 11.1 Å². The maximum Gasteiger partial charge on any atom is 0.251 e. The smallest absolute Gasteiger partial charge is 0.251 e. The van der Waals surface area contributed by atoms with Crippen molar-refractivity contribution in [2.75, 3.05) is 7.11 Å². The summed E-state index contributed by atoms with van der Waals surface area (Å²) in [5.41, 5.74) is 1.87. The molecule has 0 spiro atoms. The monoisotopic (exact) mass is 269 g/mol. The van der Waals surface area contributed by atoms with Gasteiger partial charge in [0.1, 0.15) is 5.75 Å². The van der Waals surface area contributed by atoms with Gasteiger partial charge in [-0.2, -0.15) is 0 Å². The molecule has 0 amide bonds. The molecule has 0 aliphatic carbocycles. The Morgan fingerprint density at radius 1 is 1.15 bits per heavy atom. The molecule has 0 heterocycles. The summed E-state index contributed by atoms with van der Waals surface area (Å²) < 4.78 is 5.06. The predicted octanol–water partition coefficient (Wildman–Crippen LogP) is 3.56. The number of allylic oxidation sites excluding steroid dienone is 1. The van der Waals surface area contributed by atoms with Crippen molar-refractivity contribution >= 4 is 6.08 Å². The van der Waals surface area contributed by atoms with E-state index in [1.807, 2.05) is 30.3 Å². The lowest BCUT2D eigenvalue weighted by Crippen LogP contribution is -2.02. The van der Waals surface area contributed by atoms with Gasteiger partial charge in [0.05, 0.1) is 18.5 Å². The molecule has 102 valence electrons. The summed E-state index contributed by atoms with van der Waals surface area (Å²) in [5.74, 6) is 0.730. The molecule has 0 aliphatic heterocycles. The number of nitrogens with zero attached hydrogens (tertiary/aromatic N) is 1. The van der Waals surface area contributed by atoms with Crippen molar-refractivity contribution in [2.24, 2.45) is 0 Å². The molecule has 2 rings (SSSR count). The number of hydrogen-bond donors (Lipinski definition) is 0. The second kappa shape index (κ2) is 6.52. The van der Waals surface area contributed by atoms with E-state index in [1.54, 1.807) is 37.5 Å². The average molecular weight is 269 g/mol. The van der Waals surface area contributed by atoms with E-state index in [0.29, 0.717) is 6.42 Å². The summed E-state index contributed by atoms with van der Waals surface area (Å²) in [6, 6.07) is 16.6. The molecule has 0 saturated heterocycles. The van der Waals surface area contributed by atoms with Gasteiger partial charge in [0.2, 0.25) is 0 Å². The van der Waals surface area contributed by atoms with Crippen molar-refractivity contribution in [3.63, 3.8) is 0 Å². The molecule has 0 unspecified atom stereocenters. The van der Waals surface area contributed by atoms with Crippen LogP contribution in [0.2, 0.25) is 0 Å². The number of methoxy groups -OCH3 is 1. The summed E-state index contributed by atoms with van der Waals surface area (Å²) in [4.78, 5) is 10.8. The number of rotatable bonds is 5. The van der Waals surface area contributed by atoms with E-state index < -0.39 is 0 Å². The number of nitro groups is 1. The number of benzene rings is 2. The molecular weight excluding hydrogens is 254 g/mol. The Morgan fingerprint density at radius 3 is 2.35 bits per heavy atom. The van der Waals surface area contributed by atoms with Gasteiger partial charge in [-0.25, -0.2) is 0 Å². The van der Waals surface area contributed by atoms with Crippen molar-refractivity contribution in [3.05, 3.63) is 81.5 Å². The highest BCUT2D eigenvalue weighted by Gasteiger charge is 2.11. The van der Waals surface area contributed by atoms with Crippen LogP contribution in [0.4, 0.5) is 0 Å². The summed E-state index contributed by atoms with van der Waals surface area (Å²) in [7, 11) is 1.59. The Bertz CT molecular complexity index is 603. The Labute approximate surface area is 117 Å². The lowest BCUT2D eigenvalue weighted by Gasteiger charge is -2.01. The van der Waals surface area contributed by atoms with Crippen molar-refractivity contribution in [1.29, 1.82) is 0 Å². The SMILES string of the molecule is COc1ccc(/C=C(\Cc2ccccc2)[N+](=O)[O-])cc1. The minimum Gasteiger partial charge on any atom is -0.497 e. The maximum atomic E-state index is 11.1. The van der Waals surface area contributed by atoms with Crippen LogP contribution in [0.5, 0.6) is 5.75 Å². The molecule has 0 N–H and O–H groups in total. The molecule has 0 aliphatic rings. The Morgan fingerprint density at radius 2 is 1.80 bits per heavy atom. The maximum absolute atomic E-state index is 11.1. The highest BCUT2D eigenvalue weighted by molar-refractivity contribution is 5.53. The van der Waals surface area contributed by atoms with Gasteiger partial charge in [-0.1, -0.05) is 42.5 Å². The van der Waals surface area contributed by atoms with E-state index >= 15 is 0 Å². The highest BCUT2D eigenvalue weighted by Crippen LogP contribution is 2.16. The van der Waals surface area contributed by atoms with Crippen LogP contribution in [-0.2, 0) is 6.42 Å². The lowest BCUT2D eigenvalue weighted by molar-refractivity contribution is -0.425. The fourth-order valence-corrected chi connectivity index (χ4v) is 1.87. The van der Waals surface area contributed by atoms with E-state index in [0.717, 1.165) is 16.9 Å². The first-order valence-electron chi connectivity index (χ1n) is 6.22. The molecule has 2 aromatic rings. The molecule has 0 radical (unpaired) electrons. The van der Waals surface area contributed by atoms with Crippen LogP contribution in [0.25, 0.3) is 6.08 Å². The van der Waals surface area contributed by atoms with Gasteiger partial charge in [0.15, 0.2) is 0 Å². The fourth-order valence-electron chi connectivity index (χ4n) is 1.87. The van der Waals surface area contributed by atoms with Gasteiger partial charge in [0.25, 0.3) is 5.70 Å². The van der Waals surface area contributed by atoms with Gasteiger partial charge < -0.3 is 4.74 Å². The molecular formula is C16H15NO3. The molecule has 0 bridgehead atoms. The second-order valence-electron chi connectivity index (χ2n) is 4.33. The predicted molar refractivity (Wildman–Crippen MR) is 78.1 cm³/mol. The van der Waals surface area contributed by atoms with Crippen molar-refractivity contribution in [1.82, 2.24) is 0 Å². The summed E-state index contributed by atoms with van der Waals surface area (Å²) in [6.45, 7) is 0. The topological polar surface area (TPSA) is 52.4 Å². The van der Waals surface area contributed by atoms with E-state index in [9.17, 15) is 10.1 Å². The molecule has 0 saturated carbocycles. The molecule has 4 nitrogen and oxygen atoms in total. The third-order valence-electron chi connectivity index (χ3n) is 2.91. The summed E-state index contributed by atoms with van der Waals surface area (Å²) >= 11 is 0. The standard InChI is InChI=1S/C16H15NO3/c1-20-16-9-7-14(8-10-16)12-15(17(18)19)11-13-5-3-2-4-6-13/h2-10,12H,11H2,1H3/b15-12+. The van der Waals surface area contributed by atoms with Crippen molar-refractivity contribution < 1.29 is 9.66 Å². The van der Waals surface area contributed by atoms with Gasteiger partial charge in [-0.05, 0) is 23.3 Å². The van der Waals surface area contributed by atoms with Crippen LogP contribution in [0.15, 0.2) is 60.3 Å². The fraction of sp³-hybridized carbons (Fsp3) is 0.125. The number of hydrogen-bond acceptors (Lipinski definition) is 3. The lowest BCUT2D eigenvalue weighted by atomic mass is 10.1. The summed E-state index contributed by atoms with van der Waals surface area (Å²) in [6.07, 6.45) is 1.90. The van der Waals surface area contributed by atoms with Gasteiger partial charge in [-0.15, -0.1) is 0 Å². The van der Waals surface area contributed by atoms with E-state index in [1.165, 1.54) is 0 Å². The largest absolute Gasteiger partial charge is 0.497 e. The average Bonchev–Trinajstić information content (AvgIpc) is 2.48. The van der Waals surface area contributed by atoms with Crippen molar-refractivity contribution in [2.45, 2.75) is 6.42 Å². The van der Waals surface area contributed by atoms with Crippen molar-refractivity contribution in [3.8, 4) is 5.75 Å². The van der Waals surface area contributed by atoms with Crippen LogP contribution in [0, 0.1) is 10.1 Å². The molecule has 20 heavy (non-hydrogen) atoms.